The molecule has 0 aliphatic carbocycles. The summed E-state index contributed by atoms with van der Waals surface area (Å²) < 4.78 is 0. The molecular weight excluding hydrogens is 222 g/mol. The van der Waals surface area contributed by atoms with Gasteiger partial charge in [0.25, 0.3) is 0 Å². The number of hydrogen-bond acceptors (Lipinski definition) is 2. The molecule has 0 bridgehead atoms. The largest absolute Gasteiger partial charge is 0.384 e. The van der Waals surface area contributed by atoms with Crippen molar-refractivity contribution in [2.24, 2.45) is 0 Å². The molecule has 90 valence electrons. The average Bonchev–Trinajstić information content (AvgIpc) is 2.30. The summed E-state index contributed by atoms with van der Waals surface area (Å²) in [4.78, 5) is 2.32. The fourth-order valence-corrected chi connectivity index (χ4v) is 2.38. The Labute approximate surface area is 104 Å². The van der Waals surface area contributed by atoms with Crippen LogP contribution in [0.4, 0.5) is 0 Å². The quantitative estimate of drug-likeness (QED) is 0.860. The van der Waals surface area contributed by atoms with E-state index < -0.39 is 5.60 Å². The second-order valence-corrected chi connectivity index (χ2v) is 4.37. The zero-order valence-electron chi connectivity index (χ0n) is 9.72. The van der Waals surface area contributed by atoms with Gasteiger partial charge in [0.15, 0.2) is 0 Å². The maximum absolute atomic E-state index is 10.6. The Balaban J connectivity index is 0.00000128. The summed E-state index contributed by atoms with van der Waals surface area (Å²) in [6.07, 6.45) is 1.97. The van der Waals surface area contributed by atoms with Crippen LogP contribution in [0, 0.1) is 0 Å². The molecule has 0 aromatic heterocycles. The van der Waals surface area contributed by atoms with E-state index in [0.29, 0.717) is 0 Å². The van der Waals surface area contributed by atoms with Crippen molar-refractivity contribution in [3.63, 3.8) is 0 Å². The predicted molar refractivity (Wildman–Crippen MR) is 68.9 cm³/mol. The molecule has 2 nitrogen and oxygen atoms in total. The maximum atomic E-state index is 10.6. The van der Waals surface area contributed by atoms with E-state index in [1.165, 1.54) is 0 Å². The first kappa shape index (κ1) is 13.5. The van der Waals surface area contributed by atoms with Crippen LogP contribution < -0.4 is 0 Å². The number of benzene rings is 1. The number of piperidine rings is 1. The third-order valence-electron chi connectivity index (χ3n) is 3.31. The SMILES string of the molecule is CCN1CCCC(O)(c2ccccc2)C1.Cl. The molecular formula is C13H20ClNO. The van der Waals surface area contributed by atoms with Gasteiger partial charge in [-0.25, -0.2) is 0 Å². The smallest absolute Gasteiger partial charge is 0.102 e. The van der Waals surface area contributed by atoms with E-state index in [0.717, 1.165) is 38.0 Å². The van der Waals surface area contributed by atoms with E-state index >= 15 is 0 Å². The van der Waals surface area contributed by atoms with Gasteiger partial charge >= 0.3 is 0 Å². The molecule has 2 rings (SSSR count). The molecule has 1 aromatic carbocycles. The van der Waals surface area contributed by atoms with Crippen molar-refractivity contribution < 1.29 is 5.11 Å². The standard InChI is InChI=1S/C13H19NO.ClH/c1-2-14-10-6-9-13(15,11-14)12-7-4-3-5-8-12;/h3-5,7-8,15H,2,6,9-11H2,1H3;1H. The van der Waals surface area contributed by atoms with E-state index in [9.17, 15) is 5.11 Å². The molecule has 0 saturated carbocycles. The molecule has 0 amide bonds. The Kier molecular flexibility index (Phi) is 4.78. The molecule has 16 heavy (non-hydrogen) atoms. The van der Waals surface area contributed by atoms with Crippen molar-refractivity contribution in [1.82, 2.24) is 4.90 Å². The van der Waals surface area contributed by atoms with Crippen molar-refractivity contribution in [1.29, 1.82) is 0 Å². The van der Waals surface area contributed by atoms with Gasteiger partial charge in [-0.05, 0) is 31.5 Å². The Morgan fingerprint density at radius 3 is 2.62 bits per heavy atom. The number of hydrogen-bond donors (Lipinski definition) is 1. The van der Waals surface area contributed by atoms with Gasteiger partial charge in [-0.15, -0.1) is 12.4 Å². The van der Waals surface area contributed by atoms with Crippen LogP contribution in [0.15, 0.2) is 30.3 Å². The average molecular weight is 242 g/mol. The summed E-state index contributed by atoms with van der Waals surface area (Å²) in [6, 6.07) is 10.0. The lowest BCUT2D eigenvalue weighted by atomic mass is 9.86. The van der Waals surface area contributed by atoms with Crippen molar-refractivity contribution in [2.75, 3.05) is 19.6 Å². The maximum Gasteiger partial charge on any atom is 0.102 e. The van der Waals surface area contributed by atoms with E-state index in [-0.39, 0.29) is 12.4 Å². The number of rotatable bonds is 2. The minimum Gasteiger partial charge on any atom is -0.384 e. The van der Waals surface area contributed by atoms with Crippen LogP contribution in [0.3, 0.4) is 0 Å². The lowest BCUT2D eigenvalue weighted by Crippen LogP contribution is -2.45. The van der Waals surface area contributed by atoms with E-state index in [4.69, 9.17) is 0 Å². The summed E-state index contributed by atoms with van der Waals surface area (Å²) in [5.74, 6) is 0. The van der Waals surface area contributed by atoms with Gasteiger partial charge in [0.05, 0.1) is 0 Å². The Hall–Kier alpha value is -0.570. The van der Waals surface area contributed by atoms with Crippen molar-refractivity contribution >= 4 is 12.4 Å². The van der Waals surface area contributed by atoms with Gasteiger partial charge in [0.1, 0.15) is 5.60 Å². The third-order valence-corrected chi connectivity index (χ3v) is 3.31. The molecule has 1 saturated heterocycles. The lowest BCUT2D eigenvalue weighted by Gasteiger charge is -2.39. The summed E-state index contributed by atoms with van der Waals surface area (Å²) >= 11 is 0. The zero-order valence-corrected chi connectivity index (χ0v) is 10.5. The van der Waals surface area contributed by atoms with Crippen LogP contribution in [-0.4, -0.2) is 29.6 Å². The number of likely N-dealkylation sites (N-methyl/N-ethyl adjacent to an activating group) is 1. The molecule has 1 aliphatic heterocycles. The minimum absolute atomic E-state index is 0. The van der Waals surface area contributed by atoms with Crippen LogP contribution in [-0.2, 0) is 5.60 Å². The zero-order chi connectivity index (χ0) is 10.7. The normalized spacial score (nSPS) is 26.1. The van der Waals surface area contributed by atoms with Crippen LogP contribution in [0.1, 0.15) is 25.3 Å². The number of halogens is 1. The van der Waals surface area contributed by atoms with Gasteiger partial charge in [-0.1, -0.05) is 37.3 Å². The second-order valence-electron chi connectivity index (χ2n) is 4.37. The molecule has 1 aliphatic rings. The fourth-order valence-electron chi connectivity index (χ4n) is 2.38. The number of likely N-dealkylation sites (tertiary alicyclic amines) is 1. The summed E-state index contributed by atoms with van der Waals surface area (Å²) in [7, 11) is 0. The number of β-amino-alcohol motifs (C(OH)–C–C–N with tert-alkyl or cyclic N) is 1. The number of nitrogens with zero attached hydrogens (tertiary/aromatic N) is 1. The molecule has 1 atom stereocenters. The highest BCUT2D eigenvalue weighted by atomic mass is 35.5. The van der Waals surface area contributed by atoms with Crippen molar-refractivity contribution in [2.45, 2.75) is 25.4 Å². The molecule has 0 spiro atoms. The Morgan fingerprint density at radius 2 is 2.00 bits per heavy atom. The van der Waals surface area contributed by atoms with E-state index in [2.05, 4.69) is 11.8 Å². The van der Waals surface area contributed by atoms with Gasteiger partial charge < -0.3 is 10.0 Å². The molecule has 1 unspecified atom stereocenters. The van der Waals surface area contributed by atoms with Gasteiger partial charge in [-0.3, -0.25) is 0 Å². The molecule has 1 aromatic rings. The van der Waals surface area contributed by atoms with Crippen LogP contribution in [0.2, 0.25) is 0 Å². The molecule has 3 heteroatoms. The molecule has 1 heterocycles. The molecule has 1 fully saturated rings. The summed E-state index contributed by atoms with van der Waals surface area (Å²) in [6.45, 7) is 5.06. The second kappa shape index (κ2) is 5.67. The molecule has 0 radical (unpaired) electrons. The first-order valence-corrected chi connectivity index (χ1v) is 5.75. The minimum atomic E-state index is -0.629. The third kappa shape index (κ3) is 2.76. The van der Waals surface area contributed by atoms with E-state index in [1.54, 1.807) is 0 Å². The monoisotopic (exact) mass is 241 g/mol. The summed E-state index contributed by atoms with van der Waals surface area (Å²) in [5.41, 5.74) is 0.429. The van der Waals surface area contributed by atoms with Crippen LogP contribution >= 0.6 is 12.4 Å². The fraction of sp³-hybridized carbons (Fsp3) is 0.538. The lowest BCUT2D eigenvalue weighted by molar-refractivity contribution is -0.0340. The van der Waals surface area contributed by atoms with E-state index in [1.807, 2.05) is 30.3 Å². The van der Waals surface area contributed by atoms with Gasteiger partial charge in [-0.2, -0.15) is 0 Å². The molecule has 1 N–H and O–H groups in total. The highest BCUT2D eigenvalue weighted by molar-refractivity contribution is 5.85. The first-order chi connectivity index (χ1) is 7.24. The van der Waals surface area contributed by atoms with Crippen molar-refractivity contribution in [3.8, 4) is 0 Å². The first-order valence-electron chi connectivity index (χ1n) is 5.75. The Bertz CT molecular complexity index is 317. The number of aliphatic hydroxyl groups is 1. The highest BCUT2D eigenvalue weighted by Crippen LogP contribution is 2.30. The van der Waals surface area contributed by atoms with Crippen LogP contribution in [0.5, 0.6) is 0 Å². The van der Waals surface area contributed by atoms with Gasteiger partial charge in [0, 0.05) is 6.54 Å². The topological polar surface area (TPSA) is 23.5 Å². The highest BCUT2D eigenvalue weighted by Gasteiger charge is 2.33. The van der Waals surface area contributed by atoms with Crippen molar-refractivity contribution in [3.05, 3.63) is 35.9 Å². The van der Waals surface area contributed by atoms with Gasteiger partial charge in [0.2, 0.25) is 0 Å². The predicted octanol–water partition coefficient (Wildman–Crippen LogP) is 2.41. The Morgan fingerprint density at radius 1 is 1.31 bits per heavy atom. The summed E-state index contributed by atoms with van der Waals surface area (Å²) in [5, 5.41) is 10.6. The van der Waals surface area contributed by atoms with Crippen LogP contribution in [0.25, 0.3) is 0 Å².